The van der Waals surface area contributed by atoms with Crippen LogP contribution in [0.1, 0.15) is 15.9 Å². The number of hydrogen-bond acceptors (Lipinski definition) is 5. The summed E-state index contributed by atoms with van der Waals surface area (Å²) >= 11 is 0. The number of ether oxygens (including phenoxy) is 1. The van der Waals surface area contributed by atoms with Gasteiger partial charge in [-0.15, -0.1) is 0 Å². The Balaban J connectivity index is 2.04. The largest absolute Gasteiger partial charge is 0.457 e. The van der Waals surface area contributed by atoms with Crippen LogP contribution in [-0.4, -0.2) is 25.0 Å². The second-order valence-electron chi connectivity index (χ2n) is 4.61. The third-order valence-electron chi connectivity index (χ3n) is 2.84. The summed E-state index contributed by atoms with van der Waals surface area (Å²) in [6.07, 6.45) is 3.34. The number of nitrogens with zero attached hydrogens (tertiary/aromatic N) is 2. The van der Waals surface area contributed by atoms with E-state index < -0.39 is 5.97 Å². The molecular formula is C15H17N3O2. The Kier molecular flexibility index (Phi) is 4.20. The average Bonchev–Trinajstić information content (AvgIpc) is 2.45. The second kappa shape index (κ2) is 6.06. The van der Waals surface area contributed by atoms with Gasteiger partial charge in [0.25, 0.3) is 0 Å². The molecule has 1 aromatic heterocycles. The fraction of sp³-hybridized carbons (Fsp3) is 0.200. The molecule has 0 atom stereocenters. The van der Waals surface area contributed by atoms with Gasteiger partial charge in [-0.05, 0) is 24.3 Å². The zero-order chi connectivity index (χ0) is 14.5. The zero-order valence-electron chi connectivity index (χ0n) is 11.5. The normalized spacial score (nSPS) is 10.1. The maximum Gasteiger partial charge on any atom is 0.338 e. The van der Waals surface area contributed by atoms with E-state index in [0.717, 1.165) is 11.3 Å². The van der Waals surface area contributed by atoms with Crippen molar-refractivity contribution in [2.75, 3.05) is 24.7 Å². The summed E-state index contributed by atoms with van der Waals surface area (Å²) in [5, 5.41) is 0. The summed E-state index contributed by atoms with van der Waals surface area (Å²) in [5.41, 5.74) is 8.61. The molecule has 2 rings (SSSR count). The lowest BCUT2D eigenvalue weighted by Crippen LogP contribution is -2.12. The smallest absolute Gasteiger partial charge is 0.338 e. The van der Waals surface area contributed by atoms with Crippen LogP contribution < -0.4 is 10.6 Å². The van der Waals surface area contributed by atoms with Crippen LogP contribution >= 0.6 is 0 Å². The summed E-state index contributed by atoms with van der Waals surface area (Å²) in [6.45, 7) is 0.196. The van der Waals surface area contributed by atoms with Crippen molar-refractivity contribution in [2.45, 2.75) is 6.61 Å². The fourth-order valence-electron chi connectivity index (χ4n) is 1.80. The van der Waals surface area contributed by atoms with E-state index in [9.17, 15) is 4.79 Å². The Morgan fingerprint density at radius 2 is 2.15 bits per heavy atom. The molecule has 0 radical (unpaired) electrons. The molecule has 0 unspecified atom stereocenters. The SMILES string of the molecule is CN(C)c1ccc(C(=O)OCc2cccnc2)cc1N. The van der Waals surface area contributed by atoms with Gasteiger partial charge in [0.15, 0.2) is 0 Å². The first kappa shape index (κ1) is 13.9. The number of benzene rings is 1. The van der Waals surface area contributed by atoms with Crippen molar-refractivity contribution >= 4 is 17.3 Å². The first-order valence-corrected chi connectivity index (χ1v) is 6.21. The van der Waals surface area contributed by atoms with E-state index >= 15 is 0 Å². The van der Waals surface area contributed by atoms with Crippen LogP contribution in [0.3, 0.4) is 0 Å². The average molecular weight is 271 g/mol. The lowest BCUT2D eigenvalue weighted by atomic mass is 10.1. The minimum Gasteiger partial charge on any atom is -0.457 e. The van der Waals surface area contributed by atoms with Crippen molar-refractivity contribution < 1.29 is 9.53 Å². The van der Waals surface area contributed by atoms with Crippen LogP contribution in [0.5, 0.6) is 0 Å². The number of hydrogen-bond donors (Lipinski definition) is 1. The van der Waals surface area contributed by atoms with Crippen molar-refractivity contribution in [3.63, 3.8) is 0 Å². The van der Waals surface area contributed by atoms with Crippen LogP contribution in [-0.2, 0) is 11.3 Å². The fourth-order valence-corrected chi connectivity index (χ4v) is 1.80. The molecule has 0 fully saturated rings. The van der Waals surface area contributed by atoms with Gasteiger partial charge in [0.05, 0.1) is 16.9 Å². The lowest BCUT2D eigenvalue weighted by molar-refractivity contribution is 0.0472. The summed E-state index contributed by atoms with van der Waals surface area (Å²) in [6, 6.07) is 8.78. The van der Waals surface area contributed by atoms with E-state index in [2.05, 4.69) is 4.98 Å². The third-order valence-corrected chi connectivity index (χ3v) is 2.84. The number of carbonyl (C=O) groups excluding carboxylic acids is 1. The van der Waals surface area contributed by atoms with Crippen molar-refractivity contribution in [1.29, 1.82) is 0 Å². The molecule has 104 valence electrons. The molecule has 0 saturated heterocycles. The number of anilines is 2. The Hall–Kier alpha value is -2.56. The number of carbonyl (C=O) groups is 1. The van der Waals surface area contributed by atoms with Crippen molar-refractivity contribution in [3.05, 3.63) is 53.9 Å². The Labute approximate surface area is 118 Å². The minimum atomic E-state index is -0.397. The number of nitrogens with two attached hydrogens (primary N) is 1. The standard InChI is InChI=1S/C15H17N3O2/c1-18(2)14-6-5-12(8-13(14)16)15(19)20-10-11-4-3-7-17-9-11/h3-9H,10,16H2,1-2H3. The predicted molar refractivity (Wildman–Crippen MR) is 78.5 cm³/mol. The molecule has 1 aromatic carbocycles. The molecule has 1 heterocycles. The number of nitrogen functional groups attached to an aromatic ring is 1. The lowest BCUT2D eigenvalue weighted by Gasteiger charge is -2.15. The maximum absolute atomic E-state index is 11.9. The number of pyridine rings is 1. The van der Waals surface area contributed by atoms with Crippen molar-refractivity contribution in [3.8, 4) is 0 Å². The van der Waals surface area contributed by atoms with E-state index in [4.69, 9.17) is 10.5 Å². The highest BCUT2D eigenvalue weighted by Gasteiger charge is 2.10. The number of rotatable bonds is 4. The summed E-state index contributed by atoms with van der Waals surface area (Å²) < 4.78 is 5.22. The van der Waals surface area contributed by atoms with E-state index in [0.29, 0.717) is 11.3 Å². The van der Waals surface area contributed by atoms with Gasteiger partial charge in [0, 0.05) is 32.1 Å². The quantitative estimate of drug-likeness (QED) is 0.681. The van der Waals surface area contributed by atoms with E-state index in [1.807, 2.05) is 25.1 Å². The molecule has 0 aliphatic carbocycles. The molecule has 0 spiro atoms. The molecule has 2 N–H and O–H groups in total. The van der Waals surface area contributed by atoms with Crippen LogP contribution in [0.4, 0.5) is 11.4 Å². The Morgan fingerprint density at radius 3 is 2.75 bits per heavy atom. The van der Waals surface area contributed by atoms with Gasteiger partial charge in [-0.3, -0.25) is 4.98 Å². The third kappa shape index (κ3) is 3.26. The Morgan fingerprint density at radius 1 is 1.35 bits per heavy atom. The van der Waals surface area contributed by atoms with Crippen LogP contribution in [0, 0.1) is 0 Å². The molecule has 0 amide bonds. The molecule has 0 aliphatic rings. The van der Waals surface area contributed by atoms with Crippen LogP contribution in [0.25, 0.3) is 0 Å². The minimum absolute atomic E-state index is 0.196. The highest BCUT2D eigenvalue weighted by molar-refractivity contribution is 5.92. The van der Waals surface area contributed by atoms with Gasteiger partial charge in [-0.25, -0.2) is 4.79 Å². The summed E-state index contributed by atoms with van der Waals surface area (Å²) in [4.78, 5) is 17.8. The summed E-state index contributed by atoms with van der Waals surface area (Å²) in [7, 11) is 3.79. The van der Waals surface area contributed by atoms with Gasteiger partial charge in [0.2, 0.25) is 0 Å². The van der Waals surface area contributed by atoms with Crippen LogP contribution in [0.15, 0.2) is 42.7 Å². The van der Waals surface area contributed by atoms with E-state index in [1.165, 1.54) is 0 Å². The Bertz CT molecular complexity index is 597. The van der Waals surface area contributed by atoms with Gasteiger partial charge in [0.1, 0.15) is 6.61 Å². The molecule has 0 aliphatic heterocycles. The molecule has 20 heavy (non-hydrogen) atoms. The summed E-state index contributed by atoms with van der Waals surface area (Å²) in [5.74, 6) is -0.397. The topological polar surface area (TPSA) is 68.5 Å². The van der Waals surface area contributed by atoms with Crippen molar-refractivity contribution in [1.82, 2.24) is 4.98 Å². The molecule has 0 saturated carbocycles. The second-order valence-corrected chi connectivity index (χ2v) is 4.61. The van der Waals surface area contributed by atoms with Gasteiger partial charge in [-0.1, -0.05) is 6.07 Å². The molecule has 5 heteroatoms. The molecule has 0 bridgehead atoms. The predicted octanol–water partition coefficient (Wildman–Crippen LogP) is 2.09. The van der Waals surface area contributed by atoms with Crippen LogP contribution in [0.2, 0.25) is 0 Å². The maximum atomic E-state index is 11.9. The van der Waals surface area contributed by atoms with E-state index in [-0.39, 0.29) is 6.61 Å². The molecule has 5 nitrogen and oxygen atoms in total. The highest BCUT2D eigenvalue weighted by atomic mass is 16.5. The first-order chi connectivity index (χ1) is 9.58. The first-order valence-electron chi connectivity index (χ1n) is 6.21. The molecular weight excluding hydrogens is 254 g/mol. The zero-order valence-corrected chi connectivity index (χ0v) is 11.5. The highest BCUT2D eigenvalue weighted by Crippen LogP contribution is 2.22. The number of esters is 1. The van der Waals surface area contributed by atoms with Gasteiger partial charge >= 0.3 is 5.97 Å². The van der Waals surface area contributed by atoms with E-state index in [1.54, 1.807) is 36.7 Å². The van der Waals surface area contributed by atoms with Gasteiger partial charge in [-0.2, -0.15) is 0 Å². The number of aromatic nitrogens is 1. The van der Waals surface area contributed by atoms with Gasteiger partial charge < -0.3 is 15.4 Å². The monoisotopic (exact) mass is 271 g/mol. The molecule has 2 aromatic rings. The van der Waals surface area contributed by atoms with Crippen molar-refractivity contribution in [2.24, 2.45) is 0 Å².